The molecule has 3 unspecified atom stereocenters. The van der Waals surface area contributed by atoms with Crippen LogP contribution < -0.4 is 10.6 Å². The third-order valence-corrected chi connectivity index (χ3v) is 7.16. The molecule has 2 N–H and O–H groups in total. The van der Waals surface area contributed by atoms with Crippen LogP contribution in [0, 0.1) is 13.8 Å². The fourth-order valence-corrected chi connectivity index (χ4v) is 4.83. The van der Waals surface area contributed by atoms with Crippen molar-refractivity contribution in [3.05, 3.63) is 107 Å². The SMILES string of the molecule is CCC(C)N(C(=O)C(Cc1ccccc1)NC(=O)OC(C)(C)C)C(C(=O)NCc1ccccc1)c1cc(C)ccc1C. The molecule has 3 amide bonds. The van der Waals surface area contributed by atoms with Gasteiger partial charge in [-0.25, -0.2) is 4.79 Å². The van der Waals surface area contributed by atoms with E-state index in [1.54, 1.807) is 25.7 Å². The van der Waals surface area contributed by atoms with E-state index in [1.807, 2.05) is 107 Å². The largest absolute Gasteiger partial charge is 0.444 e. The summed E-state index contributed by atoms with van der Waals surface area (Å²) in [6.45, 7) is 13.5. The van der Waals surface area contributed by atoms with Crippen LogP contribution in [-0.2, 0) is 27.3 Å². The lowest BCUT2D eigenvalue weighted by Gasteiger charge is -2.39. The Morgan fingerprint density at radius 3 is 2.05 bits per heavy atom. The standard InChI is InChI=1S/C35H45N3O4/c1-8-26(4)38(33(40)30(22-27-15-11-9-12-16-27)37-34(41)42-35(5,6)7)31(29-21-24(2)19-20-25(29)3)32(39)36-23-28-17-13-10-14-18-28/h9-21,26,30-31H,8,22-23H2,1-7H3,(H,36,39)(H,37,41). The van der Waals surface area contributed by atoms with Crippen LogP contribution in [0.25, 0.3) is 0 Å². The maximum absolute atomic E-state index is 14.6. The minimum Gasteiger partial charge on any atom is -0.444 e. The monoisotopic (exact) mass is 571 g/mol. The van der Waals surface area contributed by atoms with Crippen LogP contribution in [0.3, 0.4) is 0 Å². The summed E-state index contributed by atoms with van der Waals surface area (Å²) in [6.07, 6.45) is 0.179. The van der Waals surface area contributed by atoms with Crippen LogP contribution in [0.15, 0.2) is 78.9 Å². The number of benzene rings is 3. The smallest absolute Gasteiger partial charge is 0.408 e. The molecule has 0 saturated heterocycles. The molecular weight excluding hydrogens is 526 g/mol. The zero-order valence-corrected chi connectivity index (χ0v) is 25.9. The van der Waals surface area contributed by atoms with Crippen molar-refractivity contribution < 1.29 is 19.1 Å². The van der Waals surface area contributed by atoms with E-state index in [0.717, 1.165) is 27.8 Å². The van der Waals surface area contributed by atoms with Crippen molar-refractivity contribution in [2.75, 3.05) is 0 Å². The molecule has 224 valence electrons. The topological polar surface area (TPSA) is 87.7 Å². The van der Waals surface area contributed by atoms with Crippen molar-refractivity contribution in [3.63, 3.8) is 0 Å². The Kier molecular flexibility index (Phi) is 11.3. The highest BCUT2D eigenvalue weighted by atomic mass is 16.6. The van der Waals surface area contributed by atoms with Gasteiger partial charge in [-0.15, -0.1) is 0 Å². The third kappa shape index (κ3) is 9.20. The van der Waals surface area contributed by atoms with Gasteiger partial charge < -0.3 is 20.3 Å². The van der Waals surface area contributed by atoms with Crippen LogP contribution in [0.1, 0.15) is 74.9 Å². The third-order valence-electron chi connectivity index (χ3n) is 7.16. The van der Waals surface area contributed by atoms with Crippen LogP contribution >= 0.6 is 0 Å². The maximum Gasteiger partial charge on any atom is 0.408 e. The van der Waals surface area contributed by atoms with Crippen LogP contribution in [0.5, 0.6) is 0 Å². The number of nitrogens with one attached hydrogen (secondary N) is 2. The molecule has 7 nitrogen and oxygen atoms in total. The fourth-order valence-electron chi connectivity index (χ4n) is 4.83. The van der Waals surface area contributed by atoms with Gasteiger partial charge in [-0.1, -0.05) is 91.3 Å². The second-order valence-corrected chi connectivity index (χ2v) is 11.9. The summed E-state index contributed by atoms with van der Waals surface area (Å²) in [4.78, 5) is 43.4. The zero-order chi connectivity index (χ0) is 30.9. The van der Waals surface area contributed by atoms with Crippen molar-refractivity contribution >= 4 is 17.9 Å². The molecule has 0 aliphatic heterocycles. The van der Waals surface area contributed by atoms with E-state index in [1.165, 1.54) is 0 Å². The molecule has 3 aromatic rings. The number of carbonyl (C=O) groups is 3. The average Bonchev–Trinajstić information content (AvgIpc) is 2.95. The van der Waals surface area contributed by atoms with Crippen LogP contribution in [0.2, 0.25) is 0 Å². The molecule has 0 saturated carbocycles. The number of hydrogen-bond donors (Lipinski definition) is 2. The summed E-state index contributed by atoms with van der Waals surface area (Å²) in [5, 5.41) is 5.90. The summed E-state index contributed by atoms with van der Waals surface area (Å²) < 4.78 is 5.54. The molecule has 0 bridgehead atoms. The van der Waals surface area contributed by atoms with Crippen molar-refractivity contribution in [2.45, 2.75) is 91.6 Å². The van der Waals surface area contributed by atoms with Gasteiger partial charge in [0.2, 0.25) is 11.8 Å². The first kappa shape index (κ1) is 32.4. The maximum atomic E-state index is 14.6. The quantitative estimate of drug-likeness (QED) is 0.278. The van der Waals surface area contributed by atoms with Crippen LogP contribution in [0.4, 0.5) is 4.79 Å². The van der Waals surface area contributed by atoms with Gasteiger partial charge in [0.15, 0.2) is 0 Å². The predicted molar refractivity (Wildman–Crippen MR) is 167 cm³/mol. The summed E-state index contributed by atoms with van der Waals surface area (Å²) in [6, 6.07) is 23.0. The number of ether oxygens (including phenoxy) is 1. The van der Waals surface area contributed by atoms with Crippen molar-refractivity contribution in [1.82, 2.24) is 15.5 Å². The molecule has 0 aliphatic rings. The fraction of sp³-hybridized carbons (Fsp3) is 0.400. The van der Waals surface area contributed by atoms with Gasteiger partial charge in [-0.2, -0.15) is 0 Å². The normalized spacial score (nSPS) is 13.4. The van der Waals surface area contributed by atoms with E-state index in [2.05, 4.69) is 10.6 Å². The second kappa shape index (κ2) is 14.7. The summed E-state index contributed by atoms with van der Waals surface area (Å²) in [5.74, 6) is -0.628. The molecule has 0 spiro atoms. The lowest BCUT2D eigenvalue weighted by molar-refractivity contribution is -0.145. The number of amides is 3. The van der Waals surface area contributed by atoms with E-state index in [0.29, 0.717) is 13.0 Å². The number of alkyl carbamates (subject to hydrolysis) is 1. The Morgan fingerprint density at radius 2 is 1.48 bits per heavy atom. The van der Waals surface area contributed by atoms with Gasteiger partial charge in [0.25, 0.3) is 0 Å². The highest BCUT2D eigenvalue weighted by Crippen LogP contribution is 2.30. The molecule has 0 heterocycles. The number of rotatable bonds is 11. The van der Waals surface area contributed by atoms with Crippen molar-refractivity contribution in [2.24, 2.45) is 0 Å². The van der Waals surface area contributed by atoms with Gasteiger partial charge >= 0.3 is 6.09 Å². The Hall–Kier alpha value is -4.13. The Bertz CT molecular complexity index is 1340. The number of nitrogens with zero attached hydrogens (tertiary/aromatic N) is 1. The van der Waals surface area contributed by atoms with Gasteiger partial charge in [-0.05, 0) is 70.2 Å². The molecule has 3 aromatic carbocycles. The highest BCUT2D eigenvalue weighted by Gasteiger charge is 2.39. The molecule has 3 rings (SSSR count). The van der Waals surface area contributed by atoms with E-state index in [-0.39, 0.29) is 24.3 Å². The number of carbonyl (C=O) groups excluding carboxylic acids is 3. The van der Waals surface area contributed by atoms with Gasteiger partial charge in [-0.3, -0.25) is 9.59 Å². The number of hydrogen-bond acceptors (Lipinski definition) is 4. The first-order valence-corrected chi connectivity index (χ1v) is 14.6. The Morgan fingerprint density at radius 1 is 0.881 bits per heavy atom. The van der Waals surface area contributed by atoms with E-state index >= 15 is 0 Å². The van der Waals surface area contributed by atoms with E-state index in [9.17, 15) is 14.4 Å². The lowest BCUT2D eigenvalue weighted by atomic mass is 9.94. The van der Waals surface area contributed by atoms with E-state index < -0.39 is 23.8 Å². The molecule has 3 atom stereocenters. The number of aryl methyl sites for hydroxylation is 2. The first-order valence-electron chi connectivity index (χ1n) is 14.6. The van der Waals surface area contributed by atoms with Gasteiger partial charge in [0.05, 0.1) is 0 Å². The Labute approximate surface area is 250 Å². The highest BCUT2D eigenvalue weighted by molar-refractivity contribution is 5.92. The molecule has 42 heavy (non-hydrogen) atoms. The van der Waals surface area contributed by atoms with Crippen molar-refractivity contribution in [3.8, 4) is 0 Å². The Balaban J connectivity index is 2.07. The minimum atomic E-state index is -0.953. The van der Waals surface area contributed by atoms with Gasteiger partial charge in [0.1, 0.15) is 17.7 Å². The van der Waals surface area contributed by atoms with E-state index in [4.69, 9.17) is 4.74 Å². The second-order valence-electron chi connectivity index (χ2n) is 11.9. The van der Waals surface area contributed by atoms with Crippen LogP contribution in [-0.4, -0.2) is 40.5 Å². The average molecular weight is 572 g/mol. The van der Waals surface area contributed by atoms with Crippen molar-refractivity contribution in [1.29, 1.82) is 0 Å². The lowest BCUT2D eigenvalue weighted by Crippen LogP contribution is -2.56. The zero-order valence-electron chi connectivity index (χ0n) is 25.9. The first-order chi connectivity index (χ1) is 19.9. The predicted octanol–water partition coefficient (Wildman–Crippen LogP) is 6.42. The minimum absolute atomic E-state index is 0.247. The molecule has 0 radical (unpaired) electrons. The summed E-state index contributed by atoms with van der Waals surface area (Å²) >= 11 is 0. The molecule has 0 aliphatic carbocycles. The molecular formula is C35H45N3O4. The summed E-state index contributed by atoms with van der Waals surface area (Å²) in [5.41, 5.74) is 3.75. The molecule has 7 heteroatoms. The molecule has 0 aromatic heterocycles. The summed E-state index contributed by atoms with van der Waals surface area (Å²) in [7, 11) is 0. The van der Waals surface area contributed by atoms with Gasteiger partial charge in [0, 0.05) is 19.0 Å². The molecule has 0 fully saturated rings.